The van der Waals surface area contributed by atoms with Gasteiger partial charge in [0.1, 0.15) is 0 Å². The van der Waals surface area contributed by atoms with Crippen molar-refractivity contribution in [2.45, 2.75) is 6.10 Å². The smallest absolute Gasteiger partial charge is 0.283 e. The maximum atomic E-state index is 11.2. The molecule has 5 nitrogen and oxygen atoms in total. The van der Waals surface area contributed by atoms with E-state index in [9.17, 15) is 14.8 Å². The van der Waals surface area contributed by atoms with Crippen molar-refractivity contribution in [3.63, 3.8) is 0 Å². The molecule has 1 aliphatic heterocycles. The molecule has 1 N–H and O–H groups in total. The molecule has 1 aromatic rings. The number of fused-ring (bicyclic) bond motifs is 1. The van der Waals surface area contributed by atoms with E-state index < -0.39 is 12.0 Å². The Hall–Kier alpha value is -1.75. The van der Waals surface area contributed by atoms with Gasteiger partial charge in [-0.2, -0.15) is 5.01 Å². The molecule has 0 aliphatic carbocycles. The van der Waals surface area contributed by atoms with Gasteiger partial charge in [-0.1, -0.05) is 18.2 Å². The van der Waals surface area contributed by atoms with Gasteiger partial charge in [0, 0.05) is 5.56 Å². The summed E-state index contributed by atoms with van der Waals surface area (Å²) in [5.41, 5.74) is 0.780. The number of benzene rings is 1. The van der Waals surface area contributed by atoms with Gasteiger partial charge in [-0.15, -0.1) is 4.91 Å². The monoisotopic (exact) mass is 178 g/mol. The second kappa shape index (κ2) is 2.63. The summed E-state index contributed by atoms with van der Waals surface area (Å²) in [6.07, 6.45) is -1.26. The lowest BCUT2D eigenvalue weighted by molar-refractivity contribution is -0.125. The molecule has 13 heavy (non-hydrogen) atoms. The second-order valence-corrected chi connectivity index (χ2v) is 2.69. The maximum absolute atomic E-state index is 11.2. The summed E-state index contributed by atoms with van der Waals surface area (Å²) in [5.74, 6) is -0.698. The Balaban J connectivity index is 2.59. The molecule has 0 radical (unpaired) electrons. The highest BCUT2D eigenvalue weighted by Crippen LogP contribution is 2.35. The van der Waals surface area contributed by atoms with E-state index >= 15 is 0 Å². The van der Waals surface area contributed by atoms with Crippen molar-refractivity contribution in [2.24, 2.45) is 5.29 Å². The highest BCUT2D eigenvalue weighted by atomic mass is 16.3. The average Bonchev–Trinajstić information content (AvgIpc) is 2.41. The van der Waals surface area contributed by atoms with Crippen LogP contribution < -0.4 is 5.01 Å². The molecule has 1 unspecified atom stereocenters. The molecule has 0 spiro atoms. The van der Waals surface area contributed by atoms with Gasteiger partial charge in [-0.25, -0.2) is 0 Å². The maximum Gasteiger partial charge on any atom is 0.283 e. The van der Waals surface area contributed by atoms with E-state index in [1.54, 1.807) is 24.3 Å². The lowest BCUT2D eigenvalue weighted by Crippen LogP contribution is -2.22. The van der Waals surface area contributed by atoms with Crippen LogP contribution in [0.25, 0.3) is 0 Å². The molecular weight excluding hydrogens is 172 g/mol. The minimum atomic E-state index is -1.26. The zero-order chi connectivity index (χ0) is 9.42. The topological polar surface area (TPSA) is 70.0 Å². The van der Waals surface area contributed by atoms with Crippen LogP contribution in [0.5, 0.6) is 0 Å². The van der Waals surface area contributed by atoms with Gasteiger partial charge in [0.15, 0.2) is 6.10 Å². The number of para-hydroxylation sites is 1. The Kier molecular flexibility index (Phi) is 1.60. The molecule has 1 aliphatic rings. The van der Waals surface area contributed by atoms with Gasteiger partial charge in [-0.05, 0) is 6.07 Å². The zero-order valence-corrected chi connectivity index (χ0v) is 6.54. The summed E-state index contributed by atoms with van der Waals surface area (Å²) >= 11 is 0. The fourth-order valence-electron chi connectivity index (χ4n) is 1.36. The molecule has 0 fully saturated rings. The van der Waals surface area contributed by atoms with E-state index in [1.165, 1.54) is 0 Å². The number of nitroso groups, excluding NO2 is 1. The molecular formula is C8H6N2O3. The Morgan fingerprint density at radius 1 is 1.38 bits per heavy atom. The van der Waals surface area contributed by atoms with Crippen molar-refractivity contribution in [3.8, 4) is 0 Å². The van der Waals surface area contributed by atoms with Crippen molar-refractivity contribution >= 4 is 11.6 Å². The van der Waals surface area contributed by atoms with Crippen LogP contribution >= 0.6 is 0 Å². The van der Waals surface area contributed by atoms with Crippen LogP contribution in [0, 0.1) is 4.91 Å². The minimum Gasteiger partial charge on any atom is -0.378 e. The number of hydrogen-bond acceptors (Lipinski definition) is 4. The van der Waals surface area contributed by atoms with Gasteiger partial charge in [0.2, 0.25) is 0 Å². The summed E-state index contributed by atoms with van der Waals surface area (Å²) in [7, 11) is 0. The van der Waals surface area contributed by atoms with Gasteiger partial charge in [0.05, 0.1) is 11.0 Å². The molecule has 0 aromatic heterocycles. The number of rotatable bonds is 1. The largest absolute Gasteiger partial charge is 0.378 e. The number of aliphatic hydroxyl groups excluding tert-OH is 1. The Morgan fingerprint density at radius 2 is 2.08 bits per heavy atom. The first-order valence-corrected chi connectivity index (χ1v) is 3.70. The van der Waals surface area contributed by atoms with Crippen LogP contribution in [0.2, 0.25) is 0 Å². The third kappa shape index (κ3) is 0.940. The summed E-state index contributed by atoms with van der Waals surface area (Å²) in [6.45, 7) is 0. The molecule has 1 heterocycles. The summed E-state index contributed by atoms with van der Waals surface area (Å²) in [4.78, 5) is 21.4. The Labute approximate surface area is 73.5 Å². The van der Waals surface area contributed by atoms with Crippen molar-refractivity contribution in [2.75, 3.05) is 5.01 Å². The second-order valence-electron chi connectivity index (χ2n) is 2.69. The molecule has 1 amide bonds. The fourth-order valence-corrected chi connectivity index (χ4v) is 1.36. The van der Waals surface area contributed by atoms with Crippen LogP contribution in [0.4, 0.5) is 5.69 Å². The molecule has 2 rings (SSSR count). The number of carbonyl (C=O) groups excluding carboxylic acids is 1. The lowest BCUT2D eigenvalue weighted by Gasteiger charge is -2.03. The third-order valence-electron chi connectivity index (χ3n) is 1.98. The predicted molar refractivity (Wildman–Crippen MR) is 44.7 cm³/mol. The Morgan fingerprint density at radius 3 is 2.77 bits per heavy atom. The number of carbonyl (C=O) groups is 1. The van der Waals surface area contributed by atoms with Crippen LogP contribution in [0.1, 0.15) is 11.7 Å². The number of nitrogens with zero attached hydrogens (tertiary/aromatic N) is 2. The van der Waals surface area contributed by atoms with Crippen molar-refractivity contribution in [3.05, 3.63) is 34.7 Å². The molecule has 0 saturated carbocycles. The summed E-state index contributed by atoms with van der Waals surface area (Å²) in [6, 6.07) is 6.50. The van der Waals surface area contributed by atoms with Crippen molar-refractivity contribution < 1.29 is 9.90 Å². The van der Waals surface area contributed by atoms with E-state index in [4.69, 9.17) is 0 Å². The lowest BCUT2D eigenvalue weighted by atomic mass is 10.1. The quantitative estimate of drug-likeness (QED) is 0.645. The predicted octanol–water partition coefficient (Wildman–Crippen LogP) is 0.748. The first kappa shape index (κ1) is 7.88. The zero-order valence-electron chi connectivity index (χ0n) is 6.54. The number of amides is 1. The number of anilines is 1. The van der Waals surface area contributed by atoms with Crippen LogP contribution in [0.3, 0.4) is 0 Å². The first-order valence-electron chi connectivity index (χ1n) is 3.70. The van der Waals surface area contributed by atoms with Gasteiger partial charge < -0.3 is 5.11 Å². The average molecular weight is 178 g/mol. The highest BCUT2D eigenvalue weighted by Gasteiger charge is 2.36. The number of hydrogen-bond donors (Lipinski definition) is 1. The van der Waals surface area contributed by atoms with Crippen LogP contribution in [-0.2, 0) is 4.79 Å². The number of aliphatic hydroxyl groups is 1. The summed E-state index contributed by atoms with van der Waals surface area (Å²) in [5, 5.41) is 12.6. The van der Waals surface area contributed by atoms with Gasteiger partial charge in [0.25, 0.3) is 5.91 Å². The fraction of sp³-hybridized carbons (Fsp3) is 0.125. The molecule has 1 aromatic carbocycles. The van der Waals surface area contributed by atoms with Crippen molar-refractivity contribution in [1.82, 2.24) is 0 Å². The van der Waals surface area contributed by atoms with Gasteiger partial charge >= 0.3 is 0 Å². The molecule has 1 atom stereocenters. The highest BCUT2D eigenvalue weighted by molar-refractivity contribution is 6.03. The van der Waals surface area contributed by atoms with Gasteiger partial charge in [-0.3, -0.25) is 4.79 Å². The van der Waals surface area contributed by atoms with Crippen LogP contribution in [-0.4, -0.2) is 11.0 Å². The van der Waals surface area contributed by atoms with E-state index in [0.29, 0.717) is 16.3 Å². The standard InChI is InChI=1S/C8H6N2O3/c11-7-5-3-1-2-4-6(5)10(9-13)8(7)12/h1-4,7,11H. The first-order chi connectivity index (χ1) is 6.25. The Bertz CT molecular complexity index is 377. The van der Waals surface area contributed by atoms with E-state index in [-0.39, 0.29) is 0 Å². The summed E-state index contributed by atoms with van der Waals surface area (Å²) < 4.78 is 0. The SMILES string of the molecule is O=NN1C(=O)C(O)c2ccccc21. The van der Waals surface area contributed by atoms with E-state index in [1.807, 2.05) is 0 Å². The molecule has 66 valence electrons. The molecule has 0 bridgehead atoms. The van der Waals surface area contributed by atoms with Crippen LogP contribution in [0.15, 0.2) is 29.6 Å². The van der Waals surface area contributed by atoms with E-state index in [2.05, 4.69) is 5.29 Å². The molecule has 5 heteroatoms. The van der Waals surface area contributed by atoms with E-state index in [0.717, 1.165) is 0 Å². The normalized spacial score (nSPS) is 20.2. The molecule has 0 saturated heterocycles. The van der Waals surface area contributed by atoms with Crippen molar-refractivity contribution in [1.29, 1.82) is 0 Å². The minimum absolute atomic E-state index is 0.356. The third-order valence-corrected chi connectivity index (χ3v) is 1.98.